The largest absolute Gasteiger partial charge is 0.496 e. The molecule has 0 radical (unpaired) electrons. The lowest BCUT2D eigenvalue weighted by Crippen LogP contribution is -2.52. The molecule has 9 heteroatoms. The second-order valence-corrected chi connectivity index (χ2v) is 8.82. The zero-order valence-corrected chi connectivity index (χ0v) is 19.5. The van der Waals surface area contributed by atoms with Gasteiger partial charge in [-0.2, -0.15) is 0 Å². The first-order valence-electron chi connectivity index (χ1n) is 11.3. The number of benzene rings is 2. The molecule has 1 saturated heterocycles. The SMILES string of the molecule is COc1cc(C(=O)N2CCC3(CC2)CC(=O)c2cc(C(N)=O)ccc2O3)nc2c(OC)cccc12. The number of pyridine rings is 1. The number of rotatable bonds is 4. The Bertz CT molecular complexity index is 1360. The van der Waals surface area contributed by atoms with E-state index in [-0.39, 0.29) is 29.4 Å². The Morgan fingerprint density at radius 3 is 2.49 bits per heavy atom. The summed E-state index contributed by atoms with van der Waals surface area (Å²) in [6.07, 6.45) is 1.18. The summed E-state index contributed by atoms with van der Waals surface area (Å²) in [5.41, 5.74) is 6.11. The van der Waals surface area contributed by atoms with Crippen LogP contribution in [-0.4, -0.2) is 60.4 Å². The van der Waals surface area contributed by atoms with Crippen molar-refractivity contribution in [2.45, 2.75) is 24.9 Å². The van der Waals surface area contributed by atoms with Crippen molar-refractivity contribution in [3.63, 3.8) is 0 Å². The van der Waals surface area contributed by atoms with Crippen LogP contribution in [0, 0.1) is 0 Å². The van der Waals surface area contributed by atoms with Gasteiger partial charge >= 0.3 is 0 Å². The lowest BCUT2D eigenvalue weighted by atomic mass is 9.82. The highest BCUT2D eigenvalue weighted by Gasteiger charge is 2.44. The fraction of sp³-hybridized carbons (Fsp3) is 0.308. The van der Waals surface area contributed by atoms with Crippen molar-refractivity contribution >= 4 is 28.5 Å². The van der Waals surface area contributed by atoms with E-state index in [0.29, 0.717) is 54.3 Å². The van der Waals surface area contributed by atoms with Crippen LogP contribution in [0.1, 0.15) is 50.5 Å². The van der Waals surface area contributed by atoms with Crippen molar-refractivity contribution in [2.24, 2.45) is 5.73 Å². The number of primary amides is 1. The number of amides is 2. The van der Waals surface area contributed by atoms with Gasteiger partial charge in [0.05, 0.1) is 26.2 Å². The number of hydrogen-bond donors (Lipinski definition) is 1. The van der Waals surface area contributed by atoms with Gasteiger partial charge in [0.25, 0.3) is 5.91 Å². The molecule has 1 spiro atoms. The van der Waals surface area contributed by atoms with Gasteiger partial charge in [-0.1, -0.05) is 6.07 Å². The molecule has 35 heavy (non-hydrogen) atoms. The average Bonchev–Trinajstić information content (AvgIpc) is 2.87. The van der Waals surface area contributed by atoms with Crippen LogP contribution in [0.15, 0.2) is 42.5 Å². The molecule has 2 aromatic carbocycles. The molecule has 1 aromatic heterocycles. The predicted molar refractivity (Wildman–Crippen MR) is 127 cm³/mol. The lowest BCUT2D eigenvalue weighted by molar-refractivity contribution is -0.00585. The number of methoxy groups -OCH3 is 2. The number of likely N-dealkylation sites (tertiary alicyclic amines) is 1. The molecule has 9 nitrogen and oxygen atoms in total. The topological polar surface area (TPSA) is 121 Å². The number of carbonyl (C=O) groups excluding carboxylic acids is 3. The Balaban J connectivity index is 1.36. The van der Waals surface area contributed by atoms with E-state index in [1.54, 1.807) is 43.4 Å². The molecule has 0 aliphatic carbocycles. The highest BCUT2D eigenvalue weighted by Crippen LogP contribution is 2.40. The van der Waals surface area contributed by atoms with E-state index in [2.05, 4.69) is 4.98 Å². The third-order valence-corrected chi connectivity index (χ3v) is 6.76. The van der Waals surface area contributed by atoms with Gasteiger partial charge in [-0.25, -0.2) is 4.98 Å². The number of carbonyl (C=O) groups is 3. The van der Waals surface area contributed by atoms with Crippen LogP contribution in [0.25, 0.3) is 10.9 Å². The molecule has 3 heterocycles. The Kier molecular flexibility index (Phi) is 5.55. The number of para-hydroxylation sites is 1. The molecule has 0 bridgehead atoms. The number of fused-ring (bicyclic) bond motifs is 2. The van der Waals surface area contributed by atoms with Gasteiger partial charge in [-0.15, -0.1) is 0 Å². The number of ether oxygens (including phenoxy) is 3. The summed E-state index contributed by atoms with van der Waals surface area (Å²) in [5, 5.41) is 0.758. The molecule has 2 aliphatic heterocycles. The van der Waals surface area contributed by atoms with Crippen molar-refractivity contribution < 1.29 is 28.6 Å². The molecule has 2 amide bonds. The van der Waals surface area contributed by atoms with E-state index >= 15 is 0 Å². The van der Waals surface area contributed by atoms with Gasteiger partial charge in [0.2, 0.25) is 5.91 Å². The maximum atomic E-state index is 13.4. The quantitative estimate of drug-likeness (QED) is 0.616. The summed E-state index contributed by atoms with van der Waals surface area (Å²) in [7, 11) is 3.11. The van der Waals surface area contributed by atoms with Gasteiger partial charge < -0.3 is 24.8 Å². The van der Waals surface area contributed by atoms with Crippen molar-refractivity contribution in [3.8, 4) is 17.2 Å². The van der Waals surface area contributed by atoms with Crippen molar-refractivity contribution in [1.29, 1.82) is 0 Å². The van der Waals surface area contributed by atoms with Crippen LogP contribution in [0.3, 0.4) is 0 Å². The normalized spacial score (nSPS) is 16.5. The molecule has 2 aliphatic rings. The zero-order valence-electron chi connectivity index (χ0n) is 19.5. The highest BCUT2D eigenvalue weighted by molar-refractivity contribution is 6.03. The Hall–Kier alpha value is -4.14. The molecule has 1 fully saturated rings. The van der Waals surface area contributed by atoms with Gasteiger partial charge in [0.15, 0.2) is 5.78 Å². The van der Waals surface area contributed by atoms with Crippen LogP contribution < -0.4 is 19.9 Å². The molecule has 2 N–H and O–H groups in total. The third kappa shape index (κ3) is 3.92. The smallest absolute Gasteiger partial charge is 0.272 e. The van der Waals surface area contributed by atoms with E-state index in [0.717, 1.165) is 5.39 Å². The van der Waals surface area contributed by atoms with Crippen molar-refractivity contribution in [3.05, 3.63) is 59.3 Å². The maximum absolute atomic E-state index is 13.4. The van der Waals surface area contributed by atoms with E-state index in [9.17, 15) is 14.4 Å². The lowest BCUT2D eigenvalue weighted by Gasteiger charge is -2.43. The van der Waals surface area contributed by atoms with Gasteiger partial charge in [-0.05, 0) is 30.3 Å². The molecule has 0 saturated carbocycles. The van der Waals surface area contributed by atoms with Gasteiger partial charge in [0.1, 0.15) is 34.1 Å². The number of hydrogen-bond acceptors (Lipinski definition) is 7. The summed E-state index contributed by atoms with van der Waals surface area (Å²) >= 11 is 0. The number of Topliss-reactive ketones (excluding diaryl/α,β-unsaturated/α-hetero) is 1. The molecule has 0 unspecified atom stereocenters. The second kappa shape index (κ2) is 8.57. The van der Waals surface area contributed by atoms with Gasteiger partial charge in [0, 0.05) is 42.9 Å². The number of ketones is 1. The van der Waals surface area contributed by atoms with Crippen LogP contribution in [-0.2, 0) is 0 Å². The first-order valence-corrected chi connectivity index (χ1v) is 11.3. The van der Waals surface area contributed by atoms with E-state index in [4.69, 9.17) is 19.9 Å². The predicted octanol–water partition coefficient (Wildman–Crippen LogP) is 2.99. The summed E-state index contributed by atoms with van der Waals surface area (Å²) in [6, 6.07) is 11.8. The van der Waals surface area contributed by atoms with Crippen molar-refractivity contribution in [2.75, 3.05) is 27.3 Å². The van der Waals surface area contributed by atoms with Crippen molar-refractivity contribution in [1.82, 2.24) is 9.88 Å². The van der Waals surface area contributed by atoms with E-state index in [1.165, 1.54) is 6.07 Å². The summed E-state index contributed by atoms with van der Waals surface area (Å²) < 4.78 is 17.2. The Labute approximate surface area is 201 Å². The monoisotopic (exact) mass is 475 g/mol. The minimum atomic E-state index is -0.688. The third-order valence-electron chi connectivity index (χ3n) is 6.76. The standard InChI is InChI=1S/C26H25N3O6/c1-33-21-5-3-4-16-22(34-2)13-18(28-23(16)21)25(32)29-10-8-26(9-11-29)14-19(30)17-12-15(24(27)31)6-7-20(17)35-26/h3-7,12-13H,8-11,14H2,1-2H3,(H2,27,31). The number of nitrogens with two attached hydrogens (primary N) is 1. The fourth-order valence-corrected chi connectivity index (χ4v) is 4.84. The molecule has 3 aromatic rings. The van der Waals surface area contributed by atoms with E-state index in [1.807, 2.05) is 12.1 Å². The Morgan fingerprint density at radius 2 is 1.80 bits per heavy atom. The first kappa shape index (κ1) is 22.6. The number of piperidine rings is 1. The Morgan fingerprint density at radius 1 is 1.06 bits per heavy atom. The number of aromatic nitrogens is 1. The minimum Gasteiger partial charge on any atom is -0.496 e. The number of nitrogens with zero attached hydrogens (tertiary/aromatic N) is 2. The summed E-state index contributed by atoms with van der Waals surface area (Å²) in [4.78, 5) is 44.0. The fourth-order valence-electron chi connectivity index (χ4n) is 4.84. The molecular weight excluding hydrogens is 450 g/mol. The van der Waals surface area contributed by atoms with Crippen LogP contribution in [0.5, 0.6) is 17.2 Å². The van der Waals surface area contributed by atoms with Gasteiger partial charge in [-0.3, -0.25) is 14.4 Å². The molecule has 180 valence electrons. The summed E-state index contributed by atoms with van der Waals surface area (Å²) in [5.74, 6) is 0.629. The zero-order chi connectivity index (χ0) is 24.7. The van der Waals surface area contributed by atoms with Crippen LogP contribution in [0.4, 0.5) is 0 Å². The minimum absolute atomic E-state index is 0.0952. The second-order valence-electron chi connectivity index (χ2n) is 8.82. The molecule has 5 rings (SSSR count). The average molecular weight is 476 g/mol. The summed E-state index contributed by atoms with van der Waals surface area (Å²) in [6.45, 7) is 0.823. The first-order chi connectivity index (χ1) is 16.8. The maximum Gasteiger partial charge on any atom is 0.272 e. The highest BCUT2D eigenvalue weighted by atomic mass is 16.5. The molecular formula is C26H25N3O6. The van der Waals surface area contributed by atoms with E-state index < -0.39 is 11.5 Å². The van der Waals surface area contributed by atoms with Crippen LogP contribution in [0.2, 0.25) is 0 Å². The van der Waals surface area contributed by atoms with Crippen LogP contribution >= 0.6 is 0 Å². The molecule has 0 atom stereocenters.